The highest BCUT2D eigenvalue weighted by Crippen LogP contribution is 2.16. The molecule has 0 saturated carbocycles. The molecular formula is C23H24N4O4S. The van der Waals surface area contributed by atoms with Crippen molar-refractivity contribution in [2.24, 2.45) is 0 Å². The predicted octanol–water partition coefficient (Wildman–Crippen LogP) is 3.67. The van der Waals surface area contributed by atoms with Crippen LogP contribution in [0.2, 0.25) is 0 Å². The molecule has 9 heteroatoms. The number of carbonyl (C=O) groups excluding carboxylic acids is 3. The number of aromatic nitrogens is 2. The molecule has 0 aliphatic carbocycles. The highest BCUT2D eigenvalue weighted by atomic mass is 32.2. The Bertz CT molecular complexity index is 1100. The van der Waals surface area contributed by atoms with E-state index in [1.165, 1.54) is 16.4 Å². The van der Waals surface area contributed by atoms with Crippen LogP contribution in [0.3, 0.4) is 0 Å². The maximum atomic E-state index is 12.3. The molecule has 0 spiro atoms. The van der Waals surface area contributed by atoms with Gasteiger partial charge in [0.15, 0.2) is 5.69 Å². The predicted molar refractivity (Wildman–Crippen MR) is 125 cm³/mol. The van der Waals surface area contributed by atoms with E-state index in [0.29, 0.717) is 11.4 Å². The van der Waals surface area contributed by atoms with E-state index in [1.807, 2.05) is 37.3 Å². The minimum Gasteiger partial charge on any atom is -0.461 e. The summed E-state index contributed by atoms with van der Waals surface area (Å²) in [5, 5.41) is 9.82. The highest BCUT2D eigenvalue weighted by Gasteiger charge is 2.12. The zero-order valence-electron chi connectivity index (χ0n) is 17.8. The Labute approximate surface area is 190 Å². The van der Waals surface area contributed by atoms with E-state index >= 15 is 0 Å². The van der Waals surface area contributed by atoms with Gasteiger partial charge in [-0.2, -0.15) is 5.10 Å². The number of nitrogens with one attached hydrogen (secondary N) is 2. The van der Waals surface area contributed by atoms with E-state index in [-0.39, 0.29) is 35.6 Å². The molecule has 0 saturated heterocycles. The molecule has 0 aliphatic rings. The zero-order chi connectivity index (χ0) is 22.9. The molecule has 3 rings (SSSR count). The fraction of sp³-hybridized carbons (Fsp3) is 0.217. The summed E-state index contributed by atoms with van der Waals surface area (Å²) in [6, 6.07) is 16.2. The molecule has 0 unspecified atom stereocenters. The number of ether oxygens (including phenoxy) is 1. The van der Waals surface area contributed by atoms with Crippen molar-refractivity contribution in [2.75, 3.05) is 28.7 Å². The smallest absolute Gasteiger partial charge is 0.358 e. The summed E-state index contributed by atoms with van der Waals surface area (Å²) < 4.78 is 6.48. The fourth-order valence-electron chi connectivity index (χ4n) is 2.78. The minimum atomic E-state index is -0.487. The van der Waals surface area contributed by atoms with Gasteiger partial charge in [0.05, 0.1) is 23.8 Å². The Balaban J connectivity index is 1.48. The highest BCUT2D eigenvalue weighted by molar-refractivity contribution is 8.00. The molecular weight excluding hydrogens is 428 g/mol. The van der Waals surface area contributed by atoms with E-state index in [9.17, 15) is 14.4 Å². The van der Waals surface area contributed by atoms with Crippen LogP contribution < -0.4 is 10.6 Å². The summed E-state index contributed by atoms with van der Waals surface area (Å²) in [5.74, 6) is -0.558. The van der Waals surface area contributed by atoms with E-state index in [1.54, 1.807) is 37.4 Å². The van der Waals surface area contributed by atoms with E-state index in [2.05, 4.69) is 15.7 Å². The molecule has 3 aromatic rings. The van der Waals surface area contributed by atoms with Gasteiger partial charge in [-0.1, -0.05) is 23.8 Å². The van der Waals surface area contributed by atoms with Crippen LogP contribution in [0, 0.1) is 6.92 Å². The molecule has 2 N–H and O–H groups in total. The van der Waals surface area contributed by atoms with Crippen LogP contribution in [-0.2, 0) is 14.3 Å². The Morgan fingerprint density at radius 3 is 2.34 bits per heavy atom. The number of nitrogens with zero attached hydrogens (tertiary/aromatic N) is 2. The lowest BCUT2D eigenvalue weighted by Crippen LogP contribution is -2.18. The Kier molecular flexibility index (Phi) is 8.04. The van der Waals surface area contributed by atoms with Gasteiger partial charge in [-0.15, -0.1) is 11.8 Å². The summed E-state index contributed by atoms with van der Waals surface area (Å²) in [6.07, 6.45) is 1.65. The molecule has 0 fully saturated rings. The van der Waals surface area contributed by atoms with Gasteiger partial charge in [-0.05, 0) is 50.2 Å². The first-order chi connectivity index (χ1) is 15.4. The van der Waals surface area contributed by atoms with Crippen LogP contribution in [0.25, 0.3) is 5.69 Å². The lowest BCUT2D eigenvalue weighted by Gasteiger charge is -2.08. The molecule has 8 nitrogen and oxygen atoms in total. The molecule has 0 aliphatic heterocycles. The van der Waals surface area contributed by atoms with E-state index < -0.39 is 5.97 Å². The number of aryl methyl sites for hydroxylation is 1. The quantitative estimate of drug-likeness (QED) is 0.480. The lowest BCUT2D eigenvalue weighted by atomic mass is 10.2. The molecule has 2 amide bonds. The second-order valence-electron chi connectivity index (χ2n) is 6.87. The Hall–Kier alpha value is -3.59. The first-order valence-corrected chi connectivity index (χ1v) is 11.2. The number of anilines is 2. The molecule has 0 bridgehead atoms. The van der Waals surface area contributed by atoms with E-state index in [4.69, 9.17) is 4.74 Å². The molecule has 166 valence electrons. The monoisotopic (exact) mass is 452 g/mol. The van der Waals surface area contributed by atoms with Crippen LogP contribution >= 0.6 is 11.8 Å². The maximum Gasteiger partial charge on any atom is 0.358 e. The van der Waals surface area contributed by atoms with Crippen molar-refractivity contribution in [3.05, 3.63) is 72.1 Å². The minimum absolute atomic E-state index is 0.139. The van der Waals surface area contributed by atoms with Crippen molar-refractivity contribution in [1.82, 2.24) is 9.78 Å². The lowest BCUT2D eigenvalue weighted by molar-refractivity contribution is -0.114. The van der Waals surface area contributed by atoms with Crippen LogP contribution in [0.1, 0.15) is 23.0 Å². The van der Waals surface area contributed by atoms with Gasteiger partial charge >= 0.3 is 5.97 Å². The van der Waals surface area contributed by atoms with Crippen molar-refractivity contribution in [3.8, 4) is 5.69 Å². The number of thioether (sulfide) groups is 1. The average molecular weight is 453 g/mol. The fourth-order valence-corrected chi connectivity index (χ4v) is 3.39. The summed E-state index contributed by atoms with van der Waals surface area (Å²) in [4.78, 5) is 36.1. The normalized spacial score (nSPS) is 10.4. The van der Waals surface area contributed by atoms with E-state index in [0.717, 1.165) is 11.3 Å². The zero-order valence-corrected chi connectivity index (χ0v) is 18.6. The van der Waals surface area contributed by atoms with Crippen LogP contribution in [-0.4, -0.2) is 45.7 Å². The van der Waals surface area contributed by atoms with Gasteiger partial charge in [-0.3, -0.25) is 9.59 Å². The molecule has 1 aromatic heterocycles. The summed E-state index contributed by atoms with van der Waals surface area (Å²) in [5.41, 5.74) is 3.33. The van der Waals surface area contributed by atoms with Crippen LogP contribution in [0.4, 0.5) is 11.4 Å². The van der Waals surface area contributed by atoms with Crippen LogP contribution in [0.5, 0.6) is 0 Å². The Morgan fingerprint density at radius 1 is 0.969 bits per heavy atom. The number of amides is 2. The number of esters is 1. The van der Waals surface area contributed by atoms with Crippen LogP contribution in [0.15, 0.2) is 60.8 Å². The molecule has 0 radical (unpaired) electrons. The third kappa shape index (κ3) is 6.71. The standard InChI is InChI=1S/C23H24N4O4S/c1-3-31-23(30)20-11-12-27(26-20)19-6-4-5-18(13-19)25-22(29)15-32-14-21(28)24-17-9-7-16(2)8-10-17/h4-13H,3,14-15H2,1-2H3,(H,24,28)(H,25,29). The molecule has 2 aromatic carbocycles. The Morgan fingerprint density at radius 2 is 1.66 bits per heavy atom. The van der Waals surface area contributed by atoms with Crippen molar-refractivity contribution >= 4 is 40.9 Å². The number of hydrogen-bond acceptors (Lipinski definition) is 6. The first-order valence-electron chi connectivity index (χ1n) is 10.0. The second-order valence-corrected chi connectivity index (χ2v) is 7.86. The third-order valence-corrected chi connectivity index (χ3v) is 5.20. The largest absolute Gasteiger partial charge is 0.461 e. The van der Waals surface area contributed by atoms with Crippen molar-refractivity contribution in [1.29, 1.82) is 0 Å². The van der Waals surface area contributed by atoms with Crippen molar-refractivity contribution < 1.29 is 19.1 Å². The third-order valence-electron chi connectivity index (χ3n) is 4.27. The van der Waals surface area contributed by atoms with Crippen molar-refractivity contribution in [3.63, 3.8) is 0 Å². The summed E-state index contributed by atoms with van der Waals surface area (Å²) >= 11 is 1.23. The molecule has 1 heterocycles. The summed E-state index contributed by atoms with van der Waals surface area (Å²) in [7, 11) is 0. The average Bonchev–Trinajstić information content (AvgIpc) is 3.26. The number of hydrogen-bond donors (Lipinski definition) is 2. The van der Waals surface area contributed by atoms with Gasteiger partial charge in [0.25, 0.3) is 0 Å². The van der Waals surface area contributed by atoms with Gasteiger partial charge in [-0.25, -0.2) is 9.48 Å². The maximum absolute atomic E-state index is 12.3. The SMILES string of the molecule is CCOC(=O)c1ccn(-c2cccc(NC(=O)CSCC(=O)Nc3ccc(C)cc3)c2)n1. The van der Waals surface area contributed by atoms with Crippen molar-refractivity contribution in [2.45, 2.75) is 13.8 Å². The summed E-state index contributed by atoms with van der Waals surface area (Å²) in [6.45, 7) is 3.99. The topological polar surface area (TPSA) is 102 Å². The second kappa shape index (κ2) is 11.1. The van der Waals surface area contributed by atoms with Gasteiger partial charge in [0.2, 0.25) is 11.8 Å². The van der Waals surface area contributed by atoms with Gasteiger partial charge < -0.3 is 15.4 Å². The number of benzene rings is 2. The molecule has 0 atom stereocenters. The van der Waals surface area contributed by atoms with Gasteiger partial charge in [0, 0.05) is 17.6 Å². The number of carbonyl (C=O) groups is 3. The first kappa shape index (κ1) is 23.1. The number of rotatable bonds is 9. The molecule has 32 heavy (non-hydrogen) atoms. The van der Waals surface area contributed by atoms with Gasteiger partial charge in [0.1, 0.15) is 0 Å².